The number of aryl methyl sites for hydroxylation is 1. The molecule has 0 saturated carbocycles. The summed E-state index contributed by atoms with van der Waals surface area (Å²) in [6, 6.07) is 11.7. The molecule has 30 heavy (non-hydrogen) atoms. The number of benzene rings is 2. The number of ether oxygens (including phenoxy) is 2. The molecule has 0 bridgehead atoms. The second-order valence-electron chi connectivity index (χ2n) is 6.97. The van der Waals surface area contributed by atoms with Gasteiger partial charge in [-0.05, 0) is 31.2 Å². The highest BCUT2D eigenvalue weighted by atomic mass is 19.1. The van der Waals surface area contributed by atoms with E-state index in [4.69, 9.17) is 9.47 Å². The minimum absolute atomic E-state index is 0.0762. The first kappa shape index (κ1) is 20.0. The fraction of sp³-hybridized carbons (Fsp3) is 0.273. The fourth-order valence-electron chi connectivity index (χ4n) is 3.43. The molecule has 3 aromatic rings. The smallest absolute Gasteiger partial charge is 0.258 e. The van der Waals surface area contributed by atoms with Gasteiger partial charge in [0.25, 0.3) is 5.56 Å². The van der Waals surface area contributed by atoms with E-state index in [9.17, 15) is 13.6 Å². The Balaban J connectivity index is 1.66. The monoisotopic (exact) mass is 413 g/mol. The number of morpholine rings is 1. The van der Waals surface area contributed by atoms with Gasteiger partial charge in [-0.2, -0.15) is 0 Å². The van der Waals surface area contributed by atoms with E-state index >= 15 is 0 Å². The van der Waals surface area contributed by atoms with Crippen LogP contribution in [0.5, 0.6) is 5.75 Å². The molecular weight excluding hydrogens is 392 g/mol. The molecule has 0 atom stereocenters. The van der Waals surface area contributed by atoms with Crippen molar-refractivity contribution in [3.63, 3.8) is 0 Å². The molecule has 0 unspecified atom stereocenters. The average Bonchev–Trinajstić information content (AvgIpc) is 2.72. The minimum atomic E-state index is -0.432. The van der Waals surface area contributed by atoms with Gasteiger partial charge in [-0.15, -0.1) is 0 Å². The van der Waals surface area contributed by atoms with Crippen molar-refractivity contribution in [2.45, 2.75) is 13.5 Å². The average molecular weight is 413 g/mol. The number of hydrogen-bond acceptors (Lipinski definition) is 5. The van der Waals surface area contributed by atoms with Crippen molar-refractivity contribution in [3.05, 3.63) is 82.0 Å². The van der Waals surface area contributed by atoms with Crippen molar-refractivity contribution < 1.29 is 18.3 Å². The highest BCUT2D eigenvalue weighted by Gasteiger charge is 2.17. The van der Waals surface area contributed by atoms with Crippen molar-refractivity contribution in [1.29, 1.82) is 0 Å². The third kappa shape index (κ3) is 4.33. The lowest BCUT2D eigenvalue weighted by Crippen LogP contribution is -2.36. The molecule has 1 fully saturated rings. The number of nitrogens with zero attached hydrogens (tertiary/aromatic N) is 3. The molecule has 4 rings (SSSR count). The summed E-state index contributed by atoms with van der Waals surface area (Å²) >= 11 is 0. The molecule has 1 aliphatic heterocycles. The summed E-state index contributed by atoms with van der Waals surface area (Å²) in [6.07, 6.45) is 0. The van der Waals surface area contributed by atoms with Crippen molar-refractivity contribution in [2.24, 2.45) is 0 Å². The Labute approximate surface area is 172 Å². The van der Waals surface area contributed by atoms with Crippen LogP contribution in [0.15, 0.2) is 53.3 Å². The zero-order chi connectivity index (χ0) is 21.1. The maximum Gasteiger partial charge on any atom is 0.258 e. The Bertz CT molecular complexity index is 1110. The van der Waals surface area contributed by atoms with Gasteiger partial charge in [-0.25, -0.2) is 13.8 Å². The van der Waals surface area contributed by atoms with E-state index in [2.05, 4.69) is 4.98 Å². The predicted molar refractivity (Wildman–Crippen MR) is 108 cm³/mol. The third-order valence-electron chi connectivity index (χ3n) is 4.82. The summed E-state index contributed by atoms with van der Waals surface area (Å²) in [4.78, 5) is 19.0. The Morgan fingerprint density at radius 1 is 1.10 bits per heavy atom. The van der Waals surface area contributed by atoms with Crippen LogP contribution in [0.25, 0.3) is 5.69 Å². The van der Waals surface area contributed by atoms with Crippen molar-refractivity contribution in [2.75, 3.05) is 31.2 Å². The molecule has 1 aliphatic rings. The molecule has 2 aromatic carbocycles. The van der Waals surface area contributed by atoms with E-state index in [1.165, 1.54) is 34.9 Å². The van der Waals surface area contributed by atoms with Gasteiger partial charge in [-0.1, -0.05) is 6.07 Å². The van der Waals surface area contributed by atoms with Crippen LogP contribution in [0, 0.1) is 18.6 Å². The summed E-state index contributed by atoms with van der Waals surface area (Å²) in [5, 5.41) is 0. The lowest BCUT2D eigenvalue weighted by atomic mass is 10.2. The van der Waals surface area contributed by atoms with E-state index in [1.54, 1.807) is 25.1 Å². The normalized spacial score (nSPS) is 14.0. The van der Waals surface area contributed by atoms with Crippen LogP contribution >= 0.6 is 0 Å². The number of halogens is 2. The minimum Gasteiger partial charge on any atom is -0.486 e. The van der Waals surface area contributed by atoms with Crippen LogP contribution in [-0.4, -0.2) is 35.9 Å². The lowest BCUT2D eigenvalue weighted by Gasteiger charge is -2.29. The first-order valence-electron chi connectivity index (χ1n) is 9.62. The summed E-state index contributed by atoms with van der Waals surface area (Å²) in [5.74, 6) is -0.254. The third-order valence-corrected chi connectivity index (χ3v) is 4.82. The lowest BCUT2D eigenvalue weighted by molar-refractivity contribution is 0.122. The van der Waals surface area contributed by atoms with Crippen LogP contribution < -0.4 is 15.2 Å². The molecule has 156 valence electrons. The standard InChI is InChI=1S/C22H21F2N3O3/c1-15-11-22(28)27(21(25-15)14-30-18-4-2-3-16(23)12-18)17-5-6-20(19(24)13-17)26-7-9-29-10-8-26/h2-6,11-13H,7-10,14H2,1H3. The van der Waals surface area contributed by atoms with Gasteiger partial charge in [-0.3, -0.25) is 9.36 Å². The number of anilines is 1. The number of hydrogen-bond donors (Lipinski definition) is 0. The molecule has 6 nitrogen and oxygen atoms in total. The Kier molecular flexibility index (Phi) is 5.76. The van der Waals surface area contributed by atoms with Gasteiger partial charge in [0.05, 0.1) is 24.6 Å². The van der Waals surface area contributed by atoms with E-state index in [0.717, 1.165) is 0 Å². The molecule has 1 aromatic heterocycles. The zero-order valence-corrected chi connectivity index (χ0v) is 16.5. The van der Waals surface area contributed by atoms with Crippen LogP contribution in [-0.2, 0) is 11.3 Å². The largest absolute Gasteiger partial charge is 0.486 e. The SMILES string of the molecule is Cc1cc(=O)n(-c2ccc(N3CCOCC3)c(F)c2)c(COc2cccc(F)c2)n1. The second kappa shape index (κ2) is 8.62. The van der Waals surface area contributed by atoms with E-state index in [1.807, 2.05) is 4.90 Å². The number of aromatic nitrogens is 2. The van der Waals surface area contributed by atoms with Crippen molar-refractivity contribution in [3.8, 4) is 11.4 Å². The first-order chi connectivity index (χ1) is 14.5. The van der Waals surface area contributed by atoms with Gasteiger partial charge in [0.1, 0.15) is 24.0 Å². The zero-order valence-electron chi connectivity index (χ0n) is 16.5. The van der Waals surface area contributed by atoms with Crippen LogP contribution in [0.3, 0.4) is 0 Å². The van der Waals surface area contributed by atoms with Gasteiger partial charge in [0.2, 0.25) is 0 Å². The topological polar surface area (TPSA) is 56.6 Å². The molecule has 0 spiro atoms. The molecule has 0 N–H and O–H groups in total. The summed E-state index contributed by atoms with van der Waals surface area (Å²) < 4.78 is 40.5. The van der Waals surface area contributed by atoms with Gasteiger partial charge in [0.15, 0.2) is 5.82 Å². The summed E-state index contributed by atoms with van der Waals surface area (Å²) in [6.45, 7) is 3.92. The second-order valence-corrected chi connectivity index (χ2v) is 6.97. The predicted octanol–water partition coefficient (Wildman–Crippen LogP) is 3.23. The molecule has 8 heteroatoms. The quantitative estimate of drug-likeness (QED) is 0.643. The van der Waals surface area contributed by atoms with Crippen LogP contribution in [0.2, 0.25) is 0 Å². The number of rotatable bonds is 5. The fourth-order valence-corrected chi connectivity index (χ4v) is 3.43. The van der Waals surface area contributed by atoms with Gasteiger partial charge < -0.3 is 14.4 Å². The Morgan fingerprint density at radius 3 is 2.63 bits per heavy atom. The Hall–Kier alpha value is -3.26. The molecule has 0 aliphatic carbocycles. The van der Waals surface area contributed by atoms with E-state index in [-0.39, 0.29) is 12.2 Å². The molecular formula is C22H21F2N3O3. The van der Waals surface area contributed by atoms with E-state index in [0.29, 0.717) is 54.9 Å². The van der Waals surface area contributed by atoms with Gasteiger partial charge in [0, 0.05) is 37.0 Å². The summed E-state index contributed by atoms with van der Waals surface area (Å²) in [7, 11) is 0. The van der Waals surface area contributed by atoms with Crippen LogP contribution in [0.4, 0.5) is 14.5 Å². The maximum absolute atomic E-state index is 14.9. The van der Waals surface area contributed by atoms with Crippen LogP contribution in [0.1, 0.15) is 11.5 Å². The maximum atomic E-state index is 14.9. The first-order valence-corrected chi connectivity index (χ1v) is 9.62. The summed E-state index contributed by atoms with van der Waals surface area (Å²) in [5.41, 5.74) is 0.978. The molecule has 0 radical (unpaired) electrons. The Morgan fingerprint density at radius 2 is 1.90 bits per heavy atom. The van der Waals surface area contributed by atoms with Crippen molar-refractivity contribution >= 4 is 5.69 Å². The molecule has 0 amide bonds. The molecule has 1 saturated heterocycles. The highest BCUT2D eigenvalue weighted by molar-refractivity contribution is 5.53. The van der Waals surface area contributed by atoms with E-state index < -0.39 is 11.6 Å². The van der Waals surface area contributed by atoms with Crippen molar-refractivity contribution in [1.82, 2.24) is 9.55 Å². The molecule has 2 heterocycles. The van der Waals surface area contributed by atoms with Gasteiger partial charge >= 0.3 is 0 Å². The highest BCUT2D eigenvalue weighted by Crippen LogP contribution is 2.23.